The third-order valence-corrected chi connectivity index (χ3v) is 4.34. The maximum absolute atomic E-state index is 12.1. The molecule has 2 aromatic rings. The van der Waals surface area contributed by atoms with Crippen LogP contribution in [0.1, 0.15) is 0 Å². The highest BCUT2D eigenvalue weighted by Crippen LogP contribution is 2.22. The van der Waals surface area contributed by atoms with Crippen LogP contribution in [0.3, 0.4) is 0 Å². The lowest BCUT2D eigenvalue weighted by atomic mass is 10.1. The molecule has 0 aromatic heterocycles. The summed E-state index contributed by atoms with van der Waals surface area (Å²) in [6.45, 7) is 0.381. The Balaban J connectivity index is 2.55. The molecule has 17 heavy (non-hydrogen) atoms. The van der Waals surface area contributed by atoms with Crippen molar-refractivity contribution >= 4 is 36.7 Å². The number of hydrogen-bond donors (Lipinski definition) is 1. The molecule has 0 unspecified atom stereocenters. The van der Waals surface area contributed by atoms with E-state index in [1.54, 1.807) is 12.1 Å². The Kier molecular flexibility index (Phi) is 3.81. The zero-order valence-electron chi connectivity index (χ0n) is 9.06. The summed E-state index contributed by atoms with van der Waals surface area (Å²) in [5.74, 6) is 0. The lowest BCUT2D eigenvalue weighted by Crippen LogP contribution is -2.25. The second kappa shape index (κ2) is 5.16. The SMILES string of the molecule is O=S(=O)(NCCBr)c1cccc2ccccc12. The van der Waals surface area contributed by atoms with E-state index in [0.29, 0.717) is 16.8 Å². The van der Waals surface area contributed by atoms with Crippen LogP contribution in [-0.2, 0) is 10.0 Å². The van der Waals surface area contributed by atoms with Gasteiger partial charge in [0.25, 0.3) is 0 Å². The maximum Gasteiger partial charge on any atom is 0.241 e. The molecule has 1 N–H and O–H groups in total. The Hall–Kier alpha value is -0.910. The van der Waals surface area contributed by atoms with Crippen LogP contribution in [0.15, 0.2) is 47.4 Å². The average molecular weight is 314 g/mol. The first-order chi connectivity index (χ1) is 8.15. The van der Waals surface area contributed by atoms with Gasteiger partial charge in [0.2, 0.25) is 10.0 Å². The van der Waals surface area contributed by atoms with Crippen LogP contribution in [-0.4, -0.2) is 20.3 Å². The van der Waals surface area contributed by atoms with E-state index in [1.165, 1.54) is 0 Å². The summed E-state index contributed by atoms with van der Waals surface area (Å²) >= 11 is 3.20. The molecule has 0 atom stereocenters. The molecule has 90 valence electrons. The number of fused-ring (bicyclic) bond motifs is 1. The quantitative estimate of drug-likeness (QED) is 0.882. The monoisotopic (exact) mass is 313 g/mol. The van der Waals surface area contributed by atoms with Crippen molar-refractivity contribution < 1.29 is 8.42 Å². The van der Waals surface area contributed by atoms with E-state index in [0.717, 1.165) is 10.8 Å². The van der Waals surface area contributed by atoms with Crippen LogP contribution in [0.25, 0.3) is 10.8 Å². The fourth-order valence-electron chi connectivity index (χ4n) is 1.68. The van der Waals surface area contributed by atoms with Crippen LogP contribution in [0.4, 0.5) is 0 Å². The van der Waals surface area contributed by atoms with Gasteiger partial charge in [0.05, 0.1) is 4.90 Å². The maximum atomic E-state index is 12.1. The van der Waals surface area contributed by atoms with Gasteiger partial charge in [-0.2, -0.15) is 0 Å². The summed E-state index contributed by atoms with van der Waals surface area (Å²) in [5.41, 5.74) is 0. The van der Waals surface area contributed by atoms with Crippen LogP contribution in [0.2, 0.25) is 0 Å². The van der Waals surface area contributed by atoms with Gasteiger partial charge in [0.1, 0.15) is 0 Å². The van der Waals surface area contributed by atoms with Crippen molar-refractivity contribution in [3.05, 3.63) is 42.5 Å². The molecule has 0 aliphatic rings. The molecule has 5 heteroatoms. The van der Waals surface area contributed by atoms with Crippen molar-refractivity contribution in [2.24, 2.45) is 0 Å². The minimum Gasteiger partial charge on any atom is -0.210 e. The molecule has 0 saturated carbocycles. The second-order valence-electron chi connectivity index (χ2n) is 3.56. The van der Waals surface area contributed by atoms with E-state index < -0.39 is 10.0 Å². The number of rotatable bonds is 4. The number of nitrogens with one attached hydrogen (secondary N) is 1. The molecule has 0 fully saturated rings. The summed E-state index contributed by atoms with van der Waals surface area (Å²) in [6.07, 6.45) is 0. The van der Waals surface area contributed by atoms with Gasteiger partial charge in [0, 0.05) is 17.3 Å². The summed E-state index contributed by atoms with van der Waals surface area (Å²) < 4.78 is 26.7. The second-order valence-corrected chi connectivity index (χ2v) is 6.09. The molecule has 0 heterocycles. The molecule has 0 spiro atoms. The van der Waals surface area contributed by atoms with Gasteiger partial charge >= 0.3 is 0 Å². The fraction of sp³-hybridized carbons (Fsp3) is 0.167. The molecule has 3 nitrogen and oxygen atoms in total. The normalized spacial score (nSPS) is 11.8. The number of sulfonamides is 1. The van der Waals surface area contributed by atoms with Crippen molar-refractivity contribution in [3.8, 4) is 0 Å². The minimum absolute atomic E-state index is 0.330. The first-order valence-electron chi connectivity index (χ1n) is 5.18. The van der Waals surface area contributed by atoms with Gasteiger partial charge in [-0.05, 0) is 11.5 Å². The largest absolute Gasteiger partial charge is 0.241 e. The molecule has 2 aromatic carbocycles. The molecule has 0 saturated heterocycles. The average Bonchev–Trinajstić information content (AvgIpc) is 2.36. The lowest BCUT2D eigenvalue weighted by Gasteiger charge is -2.08. The van der Waals surface area contributed by atoms with Crippen LogP contribution < -0.4 is 4.72 Å². The van der Waals surface area contributed by atoms with Crippen molar-refractivity contribution in [2.45, 2.75) is 4.90 Å². The predicted molar refractivity (Wildman–Crippen MR) is 72.9 cm³/mol. The Morgan fingerprint density at radius 3 is 2.53 bits per heavy atom. The van der Waals surface area contributed by atoms with Gasteiger partial charge < -0.3 is 0 Å². The Labute approximate surface area is 109 Å². The summed E-state index contributed by atoms with van der Waals surface area (Å²) in [4.78, 5) is 0.330. The number of benzene rings is 2. The smallest absolute Gasteiger partial charge is 0.210 e. The van der Waals surface area contributed by atoms with E-state index in [9.17, 15) is 8.42 Å². The van der Waals surface area contributed by atoms with Gasteiger partial charge in [-0.15, -0.1) is 0 Å². The molecule has 0 aliphatic heterocycles. The summed E-state index contributed by atoms with van der Waals surface area (Å²) in [6, 6.07) is 12.7. The van der Waals surface area contributed by atoms with Crippen molar-refractivity contribution in [2.75, 3.05) is 11.9 Å². The molecule has 0 aliphatic carbocycles. The lowest BCUT2D eigenvalue weighted by molar-refractivity contribution is 0.585. The Bertz CT molecular complexity index is 620. The first-order valence-corrected chi connectivity index (χ1v) is 7.79. The van der Waals surface area contributed by atoms with E-state index in [4.69, 9.17) is 0 Å². The zero-order chi connectivity index (χ0) is 12.3. The topological polar surface area (TPSA) is 46.2 Å². The molecular weight excluding hydrogens is 302 g/mol. The van der Waals surface area contributed by atoms with Crippen LogP contribution in [0, 0.1) is 0 Å². The van der Waals surface area contributed by atoms with Crippen molar-refractivity contribution in [1.29, 1.82) is 0 Å². The number of halogens is 1. The van der Waals surface area contributed by atoms with Gasteiger partial charge in [-0.1, -0.05) is 52.3 Å². The number of hydrogen-bond acceptors (Lipinski definition) is 2. The van der Waals surface area contributed by atoms with Crippen LogP contribution >= 0.6 is 15.9 Å². The van der Waals surface area contributed by atoms with Gasteiger partial charge in [-0.25, -0.2) is 13.1 Å². The third kappa shape index (κ3) is 2.68. The van der Waals surface area contributed by atoms with E-state index in [-0.39, 0.29) is 0 Å². The Morgan fingerprint density at radius 2 is 1.76 bits per heavy atom. The highest BCUT2D eigenvalue weighted by molar-refractivity contribution is 9.09. The van der Waals surface area contributed by atoms with Gasteiger partial charge in [0.15, 0.2) is 0 Å². The standard InChI is InChI=1S/C12H12BrNO2S/c13-8-9-14-17(15,16)12-7-3-5-10-4-1-2-6-11(10)12/h1-7,14H,8-9H2. The number of alkyl halides is 1. The highest BCUT2D eigenvalue weighted by atomic mass is 79.9. The molecule has 2 rings (SSSR count). The van der Waals surface area contributed by atoms with Crippen molar-refractivity contribution in [3.63, 3.8) is 0 Å². The molecule has 0 amide bonds. The fourth-order valence-corrected chi connectivity index (χ4v) is 3.40. The molecule has 0 radical (unpaired) electrons. The predicted octanol–water partition coefficient (Wildman–Crippen LogP) is 2.51. The minimum atomic E-state index is -3.43. The zero-order valence-corrected chi connectivity index (χ0v) is 11.5. The molecule has 0 bridgehead atoms. The Morgan fingerprint density at radius 1 is 1.06 bits per heavy atom. The summed E-state index contributed by atoms with van der Waals surface area (Å²) in [7, 11) is -3.43. The molecular formula is C12H12BrNO2S. The van der Waals surface area contributed by atoms with Crippen LogP contribution in [0.5, 0.6) is 0 Å². The van der Waals surface area contributed by atoms with E-state index in [2.05, 4.69) is 20.7 Å². The van der Waals surface area contributed by atoms with Gasteiger partial charge in [-0.3, -0.25) is 0 Å². The van der Waals surface area contributed by atoms with E-state index >= 15 is 0 Å². The highest BCUT2D eigenvalue weighted by Gasteiger charge is 2.15. The van der Waals surface area contributed by atoms with E-state index in [1.807, 2.05) is 30.3 Å². The summed E-state index contributed by atoms with van der Waals surface area (Å²) in [5, 5.41) is 2.27. The third-order valence-electron chi connectivity index (χ3n) is 2.43. The van der Waals surface area contributed by atoms with Crippen molar-refractivity contribution in [1.82, 2.24) is 4.72 Å². The first kappa shape index (κ1) is 12.5.